The number of aromatic nitrogens is 1. The molecule has 1 aliphatic rings. The van der Waals surface area contributed by atoms with Crippen molar-refractivity contribution in [3.8, 4) is 5.75 Å². The van der Waals surface area contributed by atoms with Crippen LogP contribution in [0.25, 0.3) is 0 Å². The number of carboxylic acids is 1. The number of amides is 1. The van der Waals surface area contributed by atoms with Crippen LogP contribution < -0.4 is 14.4 Å². The lowest BCUT2D eigenvalue weighted by Gasteiger charge is -2.27. The number of nitrogens with zero attached hydrogens (tertiary/aromatic N) is 2. The summed E-state index contributed by atoms with van der Waals surface area (Å²) in [7, 11) is -5.22. The van der Waals surface area contributed by atoms with Crippen LogP contribution in [-0.4, -0.2) is 42.7 Å². The van der Waals surface area contributed by atoms with E-state index in [1.165, 1.54) is 10.8 Å². The molecule has 1 aromatic heterocycles. The van der Waals surface area contributed by atoms with Gasteiger partial charge in [-0.2, -0.15) is 13.2 Å². The number of aromatic carboxylic acids is 1. The van der Waals surface area contributed by atoms with Gasteiger partial charge in [-0.05, 0) is 72.1 Å². The summed E-state index contributed by atoms with van der Waals surface area (Å²) in [6, 6.07) is 9.73. The fraction of sp³-hybridized carbons (Fsp3) is 0.342. The maximum absolute atomic E-state index is 15.4. The Morgan fingerprint density at radius 3 is 2.20 bits per heavy atom. The van der Waals surface area contributed by atoms with Gasteiger partial charge in [0.05, 0.1) is 34.8 Å². The molecule has 1 fully saturated rings. The van der Waals surface area contributed by atoms with Gasteiger partial charge in [0, 0.05) is 23.5 Å². The molecule has 1 saturated carbocycles. The summed E-state index contributed by atoms with van der Waals surface area (Å²) in [6.07, 6.45) is -1.84. The van der Waals surface area contributed by atoms with E-state index in [0.29, 0.717) is 17.8 Å². The summed E-state index contributed by atoms with van der Waals surface area (Å²) in [6.45, 7) is 7.25. The molecule has 1 amide bonds. The Labute approximate surface area is 326 Å². The molecule has 1 heterocycles. The highest BCUT2D eigenvalue weighted by Crippen LogP contribution is 2.44. The normalized spacial score (nSPS) is 14.0. The number of sulfonamides is 1. The topological polar surface area (TPSA) is 126 Å². The Bertz CT molecular complexity index is 2270. The summed E-state index contributed by atoms with van der Waals surface area (Å²) in [5.74, 6) is -13.0. The number of carboxylic acid groups (broad SMARTS) is 1. The van der Waals surface area contributed by atoms with Crippen molar-refractivity contribution in [1.82, 2.24) is 4.98 Å². The monoisotopic (exact) mass is 873 g/mol. The highest BCUT2D eigenvalue weighted by Gasteiger charge is 2.39. The first-order valence-electron chi connectivity index (χ1n) is 17.0. The molecule has 0 bridgehead atoms. The van der Waals surface area contributed by atoms with E-state index in [1.807, 2.05) is 39.0 Å². The van der Waals surface area contributed by atoms with Crippen molar-refractivity contribution in [2.45, 2.75) is 69.4 Å². The van der Waals surface area contributed by atoms with E-state index < -0.39 is 84.3 Å². The smallest absolute Gasteiger partial charge is 0.416 e. The molecule has 1 unspecified atom stereocenters. The molecule has 1 atom stereocenters. The zero-order valence-corrected chi connectivity index (χ0v) is 32.6. The summed E-state index contributed by atoms with van der Waals surface area (Å²) in [4.78, 5) is 28.2. The standard InChI is InChI=1S/C38H35BrF7N3O6S/c1-5-55-27-15-21(36(51)52)8-9-26(27)49(17-19-12-22(20-6-7-20)14-23(13-19)37(2,3)4)28(50)18-56(53,54)48-35-33(42)31(40)29(32(41)34(35)43)30(39)24-16-47-11-10-25(24)38(44,45)46/h8-16,20,30,48H,5-7,17-18H2,1-4H3,(H,51,52). The molecule has 9 nitrogen and oxygen atoms in total. The third-order valence-corrected chi connectivity index (χ3v) is 11.0. The lowest BCUT2D eigenvalue weighted by Crippen LogP contribution is -2.37. The molecule has 0 aliphatic heterocycles. The molecule has 0 spiro atoms. The molecular formula is C38H35BrF7N3O6S. The number of halogens is 8. The van der Waals surface area contributed by atoms with Crippen LogP contribution in [0.2, 0.25) is 0 Å². The third-order valence-electron chi connectivity index (χ3n) is 8.92. The lowest BCUT2D eigenvalue weighted by molar-refractivity contribution is -0.138. The first kappa shape index (κ1) is 42.4. The van der Waals surface area contributed by atoms with Gasteiger partial charge in [0.1, 0.15) is 17.2 Å². The van der Waals surface area contributed by atoms with E-state index in [4.69, 9.17) is 4.74 Å². The zero-order chi connectivity index (χ0) is 41.5. The summed E-state index contributed by atoms with van der Waals surface area (Å²) < 4.78 is 137. The number of nitrogens with one attached hydrogen (secondary N) is 1. The van der Waals surface area contributed by atoms with Crippen LogP contribution in [0.15, 0.2) is 54.9 Å². The van der Waals surface area contributed by atoms with E-state index in [-0.39, 0.29) is 41.5 Å². The van der Waals surface area contributed by atoms with E-state index in [9.17, 15) is 36.3 Å². The van der Waals surface area contributed by atoms with E-state index in [1.54, 1.807) is 6.92 Å². The molecule has 3 aromatic carbocycles. The largest absolute Gasteiger partial charge is 0.492 e. The SMILES string of the molecule is CCOc1cc(C(=O)O)ccc1N(Cc1cc(C2CC2)cc(C(C)(C)C)c1)C(=O)CS(=O)(=O)Nc1c(F)c(F)c(C(Br)c2cnccc2C(F)(F)F)c(F)c1F. The predicted molar refractivity (Wildman–Crippen MR) is 197 cm³/mol. The highest BCUT2D eigenvalue weighted by molar-refractivity contribution is 9.09. The van der Waals surface area contributed by atoms with Gasteiger partial charge in [0.25, 0.3) is 0 Å². The number of rotatable bonds is 13. The molecule has 300 valence electrons. The average Bonchev–Trinajstić information content (AvgIpc) is 3.97. The average molecular weight is 875 g/mol. The molecule has 0 saturated heterocycles. The molecule has 2 N–H and O–H groups in total. The number of anilines is 2. The van der Waals surface area contributed by atoms with Gasteiger partial charge >= 0.3 is 12.1 Å². The van der Waals surface area contributed by atoms with Crippen LogP contribution in [0.1, 0.15) is 95.0 Å². The molecule has 18 heteroatoms. The first-order valence-corrected chi connectivity index (χ1v) is 19.6. The number of benzene rings is 3. The maximum Gasteiger partial charge on any atom is 0.416 e. The van der Waals surface area contributed by atoms with Gasteiger partial charge in [0.2, 0.25) is 15.9 Å². The van der Waals surface area contributed by atoms with Crippen LogP contribution >= 0.6 is 15.9 Å². The Kier molecular flexibility index (Phi) is 12.2. The Hall–Kier alpha value is -4.71. The van der Waals surface area contributed by atoms with E-state index in [2.05, 4.69) is 20.9 Å². The second-order valence-corrected chi connectivity index (χ2v) is 16.8. The lowest BCUT2D eigenvalue weighted by atomic mass is 9.84. The van der Waals surface area contributed by atoms with Gasteiger partial charge in [-0.15, -0.1) is 0 Å². The third kappa shape index (κ3) is 9.28. The molecule has 56 heavy (non-hydrogen) atoms. The number of ether oxygens (including phenoxy) is 1. The van der Waals surface area contributed by atoms with Gasteiger partial charge in [0.15, 0.2) is 23.3 Å². The van der Waals surface area contributed by atoms with Gasteiger partial charge in [-0.25, -0.2) is 30.8 Å². The minimum atomic E-state index is -5.22. The first-order chi connectivity index (χ1) is 26.0. The van der Waals surface area contributed by atoms with Gasteiger partial charge in [-0.1, -0.05) is 54.9 Å². The number of carbonyl (C=O) groups is 2. The summed E-state index contributed by atoms with van der Waals surface area (Å²) in [5, 5.41) is 9.58. The number of alkyl halides is 4. The number of hydrogen-bond donors (Lipinski definition) is 2. The van der Waals surface area contributed by atoms with E-state index >= 15 is 17.6 Å². The van der Waals surface area contributed by atoms with Gasteiger partial charge < -0.3 is 14.7 Å². The van der Waals surface area contributed by atoms with Crippen LogP contribution in [0.4, 0.5) is 42.1 Å². The van der Waals surface area contributed by atoms with Gasteiger partial charge in [-0.3, -0.25) is 14.5 Å². The second kappa shape index (κ2) is 16.0. The number of hydrogen-bond acceptors (Lipinski definition) is 6. The zero-order valence-electron chi connectivity index (χ0n) is 30.2. The van der Waals surface area contributed by atoms with Crippen molar-refractivity contribution in [2.24, 2.45) is 0 Å². The van der Waals surface area contributed by atoms with Crippen molar-refractivity contribution in [3.63, 3.8) is 0 Å². The molecule has 4 aromatic rings. The number of pyridine rings is 1. The quantitative estimate of drug-likeness (QED) is 0.0779. The van der Waals surface area contributed by atoms with E-state index in [0.717, 1.165) is 47.2 Å². The maximum atomic E-state index is 15.4. The fourth-order valence-electron chi connectivity index (χ4n) is 5.94. The molecule has 0 radical (unpaired) electrons. The molecular weight excluding hydrogens is 839 g/mol. The van der Waals surface area contributed by atoms with Crippen molar-refractivity contribution in [1.29, 1.82) is 0 Å². The predicted octanol–water partition coefficient (Wildman–Crippen LogP) is 9.39. The number of carbonyl (C=O) groups excluding carboxylic acids is 1. The van der Waals surface area contributed by atoms with Crippen LogP contribution in [0, 0.1) is 23.3 Å². The van der Waals surface area contributed by atoms with Crippen LogP contribution in [0.3, 0.4) is 0 Å². The Balaban J connectivity index is 1.53. The minimum Gasteiger partial charge on any atom is -0.492 e. The van der Waals surface area contributed by atoms with Crippen molar-refractivity contribution >= 4 is 49.2 Å². The van der Waals surface area contributed by atoms with Crippen molar-refractivity contribution in [2.75, 3.05) is 22.0 Å². The van der Waals surface area contributed by atoms with Crippen LogP contribution in [0.5, 0.6) is 5.75 Å². The Morgan fingerprint density at radius 1 is 1.00 bits per heavy atom. The van der Waals surface area contributed by atoms with Crippen molar-refractivity contribution < 1.29 is 58.6 Å². The minimum absolute atomic E-state index is 0.00251. The molecule has 1 aliphatic carbocycles. The Morgan fingerprint density at radius 2 is 1.64 bits per heavy atom. The second-order valence-electron chi connectivity index (χ2n) is 14.1. The fourth-order valence-corrected chi connectivity index (χ4v) is 7.75. The summed E-state index contributed by atoms with van der Waals surface area (Å²) >= 11 is 2.67. The molecule has 5 rings (SSSR count). The highest BCUT2D eigenvalue weighted by atomic mass is 79.9. The van der Waals surface area contributed by atoms with Crippen molar-refractivity contribution in [3.05, 3.63) is 117 Å². The summed E-state index contributed by atoms with van der Waals surface area (Å²) in [5.41, 5.74) is -3.87. The van der Waals surface area contributed by atoms with Crippen LogP contribution in [-0.2, 0) is 33.0 Å².